The Morgan fingerprint density at radius 2 is 2.17 bits per heavy atom. The number of phenolic OH excluding ortho intramolecular Hbond substituents is 1. The van der Waals surface area contributed by atoms with Gasteiger partial charge in [0.15, 0.2) is 11.5 Å². The number of aromatic nitrogens is 2. The van der Waals surface area contributed by atoms with Gasteiger partial charge in [-0.1, -0.05) is 12.1 Å². The molecule has 0 aliphatic heterocycles. The predicted octanol–water partition coefficient (Wildman–Crippen LogP) is 2.11. The number of rotatable bonds is 4. The van der Waals surface area contributed by atoms with Crippen LogP contribution in [0.15, 0.2) is 30.6 Å². The molecule has 1 aromatic heterocycles. The number of nitrogens with one attached hydrogen (secondary N) is 1. The lowest BCUT2D eigenvalue weighted by atomic mass is 10.2. The second-order valence-corrected chi connectivity index (χ2v) is 3.87. The zero-order chi connectivity index (χ0) is 13.0. The molecule has 5 nitrogen and oxygen atoms in total. The molecule has 0 bridgehead atoms. The second kappa shape index (κ2) is 5.35. The van der Waals surface area contributed by atoms with E-state index in [1.54, 1.807) is 18.5 Å². The van der Waals surface area contributed by atoms with Gasteiger partial charge in [-0.05, 0) is 13.0 Å². The number of methoxy groups -OCH3 is 1. The smallest absolute Gasteiger partial charge is 0.162 e. The summed E-state index contributed by atoms with van der Waals surface area (Å²) < 4.78 is 5.05. The van der Waals surface area contributed by atoms with Gasteiger partial charge in [-0.15, -0.1) is 0 Å². The lowest BCUT2D eigenvalue weighted by Crippen LogP contribution is -2.03. The third-order valence-corrected chi connectivity index (χ3v) is 2.52. The van der Waals surface area contributed by atoms with Gasteiger partial charge in [-0.3, -0.25) is 4.98 Å². The molecule has 0 saturated heterocycles. The first-order chi connectivity index (χ1) is 8.70. The lowest BCUT2D eigenvalue weighted by molar-refractivity contribution is 0.371. The molecule has 0 fully saturated rings. The average molecular weight is 245 g/mol. The Hall–Kier alpha value is -2.30. The van der Waals surface area contributed by atoms with Crippen molar-refractivity contribution in [3.63, 3.8) is 0 Å². The Bertz CT molecular complexity index is 544. The number of aryl methyl sites for hydroxylation is 1. The number of anilines is 1. The molecule has 2 rings (SSSR count). The van der Waals surface area contributed by atoms with E-state index in [0.29, 0.717) is 18.1 Å². The Morgan fingerprint density at radius 3 is 2.89 bits per heavy atom. The Balaban J connectivity index is 2.11. The van der Waals surface area contributed by atoms with E-state index in [4.69, 9.17) is 4.74 Å². The summed E-state index contributed by atoms with van der Waals surface area (Å²) in [5.41, 5.74) is 1.59. The highest BCUT2D eigenvalue weighted by Gasteiger charge is 2.07. The standard InChI is InChI=1S/C13H15N3O2/c1-9-6-14-8-12(16-9)15-7-10-4-3-5-11(18-2)13(10)17/h3-6,8,17H,7H2,1-2H3,(H,15,16). The Labute approximate surface area is 105 Å². The third-order valence-electron chi connectivity index (χ3n) is 2.52. The van der Waals surface area contributed by atoms with E-state index < -0.39 is 0 Å². The largest absolute Gasteiger partial charge is 0.504 e. The summed E-state index contributed by atoms with van der Waals surface area (Å²) in [5, 5.41) is 13.0. The van der Waals surface area contributed by atoms with Crippen molar-refractivity contribution in [2.45, 2.75) is 13.5 Å². The van der Waals surface area contributed by atoms with E-state index in [1.807, 2.05) is 19.1 Å². The number of benzene rings is 1. The molecule has 0 radical (unpaired) electrons. The van der Waals surface area contributed by atoms with E-state index in [9.17, 15) is 5.11 Å². The first-order valence-corrected chi connectivity index (χ1v) is 5.58. The summed E-state index contributed by atoms with van der Waals surface area (Å²) in [6, 6.07) is 5.37. The van der Waals surface area contributed by atoms with E-state index in [1.165, 1.54) is 7.11 Å². The molecule has 2 N–H and O–H groups in total. The molecule has 94 valence electrons. The molecule has 0 spiro atoms. The van der Waals surface area contributed by atoms with E-state index in [2.05, 4.69) is 15.3 Å². The number of nitrogens with zero attached hydrogens (tertiary/aromatic N) is 2. The molecule has 1 heterocycles. The van der Waals surface area contributed by atoms with Crippen LogP contribution < -0.4 is 10.1 Å². The van der Waals surface area contributed by atoms with Gasteiger partial charge in [-0.25, -0.2) is 4.98 Å². The van der Waals surface area contributed by atoms with Crippen molar-refractivity contribution in [2.75, 3.05) is 12.4 Å². The highest BCUT2D eigenvalue weighted by Crippen LogP contribution is 2.29. The van der Waals surface area contributed by atoms with E-state index >= 15 is 0 Å². The van der Waals surface area contributed by atoms with Crippen LogP contribution in [-0.4, -0.2) is 22.2 Å². The number of para-hydroxylation sites is 1. The van der Waals surface area contributed by atoms with Crippen LogP contribution in [0, 0.1) is 6.92 Å². The average Bonchev–Trinajstić information content (AvgIpc) is 2.38. The number of ether oxygens (including phenoxy) is 1. The van der Waals surface area contributed by atoms with Gasteiger partial charge in [0.05, 0.1) is 19.0 Å². The van der Waals surface area contributed by atoms with Gasteiger partial charge in [0.2, 0.25) is 0 Å². The van der Waals surface area contributed by atoms with Gasteiger partial charge < -0.3 is 15.2 Å². The predicted molar refractivity (Wildman–Crippen MR) is 68.8 cm³/mol. The Kier molecular flexibility index (Phi) is 3.62. The number of hydrogen-bond donors (Lipinski definition) is 2. The van der Waals surface area contributed by atoms with Gasteiger partial charge in [-0.2, -0.15) is 0 Å². The molecule has 5 heteroatoms. The van der Waals surface area contributed by atoms with Crippen LogP contribution in [0.1, 0.15) is 11.3 Å². The maximum absolute atomic E-state index is 9.92. The molecule has 0 aliphatic rings. The van der Waals surface area contributed by atoms with Crippen LogP contribution in [0.3, 0.4) is 0 Å². The molecule has 2 aromatic rings. The highest BCUT2D eigenvalue weighted by molar-refractivity contribution is 5.47. The van der Waals surface area contributed by atoms with Crippen LogP contribution in [-0.2, 0) is 6.54 Å². The van der Waals surface area contributed by atoms with Crippen molar-refractivity contribution in [3.8, 4) is 11.5 Å². The monoisotopic (exact) mass is 245 g/mol. The molecule has 0 aliphatic carbocycles. The SMILES string of the molecule is COc1cccc(CNc2cncc(C)n2)c1O. The fourth-order valence-electron chi connectivity index (χ4n) is 1.61. The Morgan fingerprint density at radius 1 is 1.33 bits per heavy atom. The highest BCUT2D eigenvalue weighted by atomic mass is 16.5. The molecular formula is C13H15N3O2. The summed E-state index contributed by atoms with van der Waals surface area (Å²) in [7, 11) is 1.53. The third kappa shape index (κ3) is 2.68. The fraction of sp³-hybridized carbons (Fsp3) is 0.231. The quantitative estimate of drug-likeness (QED) is 0.863. The molecule has 0 saturated carbocycles. The first-order valence-electron chi connectivity index (χ1n) is 5.58. The summed E-state index contributed by atoms with van der Waals surface area (Å²) >= 11 is 0. The number of phenols is 1. The minimum Gasteiger partial charge on any atom is -0.504 e. The fourth-order valence-corrected chi connectivity index (χ4v) is 1.61. The topological polar surface area (TPSA) is 67.3 Å². The van der Waals surface area contributed by atoms with Crippen molar-refractivity contribution in [2.24, 2.45) is 0 Å². The van der Waals surface area contributed by atoms with Crippen molar-refractivity contribution in [3.05, 3.63) is 41.9 Å². The van der Waals surface area contributed by atoms with Crippen molar-refractivity contribution >= 4 is 5.82 Å². The lowest BCUT2D eigenvalue weighted by Gasteiger charge is -2.10. The van der Waals surface area contributed by atoms with Gasteiger partial charge in [0, 0.05) is 18.3 Å². The maximum Gasteiger partial charge on any atom is 0.162 e. The van der Waals surface area contributed by atoms with Crippen LogP contribution in [0.25, 0.3) is 0 Å². The summed E-state index contributed by atoms with van der Waals surface area (Å²) in [6.45, 7) is 2.34. The summed E-state index contributed by atoms with van der Waals surface area (Å²) in [5.74, 6) is 1.29. The maximum atomic E-state index is 9.92. The van der Waals surface area contributed by atoms with Crippen LogP contribution >= 0.6 is 0 Å². The molecule has 1 aromatic carbocycles. The molecular weight excluding hydrogens is 230 g/mol. The molecule has 0 atom stereocenters. The summed E-state index contributed by atoms with van der Waals surface area (Å²) in [6.07, 6.45) is 3.33. The van der Waals surface area contributed by atoms with Crippen molar-refractivity contribution in [1.29, 1.82) is 0 Å². The van der Waals surface area contributed by atoms with Crippen LogP contribution in [0.2, 0.25) is 0 Å². The van der Waals surface area contributed by atoms with Gasteiger partial charge >= 0.3 is 0 Å². The minimum absolute atomic E-state index is 0.146. The van der Waals surface area contributed by atoms with Gasteiger partial charge in [0.1, 0.15) is 5.82 Å². The normalized spacial score (nSPS) is 10.1. The van der Waals surface area contributed by atoms with E-state index in [-0.39, 0.29) is 5.75 Å². The summed E-state index contributed by atoms with van der Waals surface area (Å²) in [4.78, 5) is 8.31. The second-order valence-electron chi connectivity index (χ2n) is 3.87. The molecule has 0 amide bonds. The minimum atomic E-state index is 0.146. The molecule has 18 heavy (non-hydrogen) atoms. The zero-order valence-corrected chi connectivity index (χ0v) is 10.3. The number of hydrogen-bond acceptors (Lipinski definition) is 5. The zero-order valence-electron chi connectivity index (χ0n) is 10.3. The number of aromatic hydroxyl groups is 1. The molecule has 0 unspecified atom stereocenters. The van der Waals surface area contributed by atoms with Crippen LogP contribution in [0.4, 0.5) is 5.82 Å². The van der Waals surface area contributed by atoms with E-state index in [0.717, 1.165) is 11.3 Å². The van der Waals surface area contributed by atoms with Gasteiger partial charge in [0.25, 0.3) is 0 Å². The van der Waals surface area contributed by atoms with Crippen molar-refractivity contribution in [1.82, 2.24) is 9.97 Å². The van der Waals surface area contributed by atoms with Crippen molar-refractivity contribution < 1.29 is 9.84 Å². The van der Waals surface area contributed by atoms with Crippen LogP contribution in [0.5, 0.6) is 11.5 Å². The first kappa shape index (κ1) is 12.2.